The summed E-state index contributed by atoms with van der Waals surface area (Å²) in [6, 6.07) is 3.77. The third-order valence-corrected chi connectivity index (χ3v) is 0.763. The Kier molecular flexibility index (Phi) is 8.77. The maximum atomic E-state index is 3.76. The minimum absolute atomic E-state index is 0. The van der Waals surface area contributed by atoms with Crippen molar-refractivity contribution in [1.82, 2.24) is 4.98 Å². The second-order valence-corrected chi connectivity index (χ2v) is 1.46. The molecule has 1 heterocycles. The maximum Gasteiger partial charge on any atom is 2.00 e. The first-order chi connectivity index (χ1) is 3.39. The van der Waals surface area contributed by atoms with Gasteiger partial charge in [0.15, 0.2) is 0 Å². The Bertz CT molecular complexity index is 143. The molecule has 44 valence electrons. The van der Waals surface area contributed by atoms with Crippen LogP contribution in [0.25, 0.3) is 0 Å². The van der Waals surface area contributed by atoms with E-state index in [4.69, 9.17) is 0 Å². The third kappa shape index (κ3) is 4.87. The topological polar surface area (TPSA) is 12.9 Å². The molecule has 1 nitrogen and oxygen atoms in total. The van der Waals surface area contributed by atoms with E-state index in [0.29, 0.717) is 0 Å². The average Bonchev–Trinajstić information content (AvgIpc) is 1.69. The molecule has 3 heteroatoms. The van der Waals surface area contributed by atoms with Crippen LogP contribution in [-0.4, -0.2) is 28.0 Å². The van der Waals surface area contributed by atoms with Gasteiger partial charge in [0.1, 0.15) is 0 Å². The van der Waals surface area contributed by atoms with Gasteiger partial charge < -0.3 is 22.0 Å². The van der Waals surface area contributed by atoms with Crippen molar-refractivity contribution in [3.05, 3.63) is 30.1 Å². The summed E-state index contributed by atoms with van der Waals surface area (Å²) in [5.74, 6) is 0. The standard InChI is InChI=1S/C6H6N.BrH.Mg/c1-6-3-2-4-7-5-6;;/h2-3,5H,1H3;1H;/q-1;;+2/p-1. The summed E-state index contributed by atoms with van der Waals surface area (Å²) in [5, 5.41) is 0. The molecule has 0 aliphatic heterocycles. The Balaban J connectivity index is 0. The number of halogens is 1. The molecule has 1 aromatic heterocycles. The Hall–Kier alpha value is 0.396. The molecule has 0 unspecified atom stereocenters. The maximum absolute atomic E-state index is 3.76. The van der Waals surface area contributed by atoms with E-state index in [1.807, 2.05) is 13.0 Å². The van der Waals surface area contributed by atoms with Crippen LogP contribution in [0.2, 0.25) is 0 Å². The van der Waals surface area contributed by atoms with Crippen LogP contribution < -0.4 is 17.0 Å². The molecule has 0 aliphatic carbocycles. The molecule has 0 atom stereocenters. The van der Waals surface area contributed by atoms with E-state index in [2.05, 4.69) is 11.2 Å². The molecular weight excluding hydrogens is 190 g/mol. The van der Waals surface area contributed by atoms with E-state index >= 15 is 0 Å². The summed E-state index contributed by atoms with van der Waals surface area (Å²) in [7, 11) is 0. The summed E-state index contributed by atoms with van der Waals surface area (Å²) in [6.07, 6.45) is 4.46. The summed E-state index contributed by atoms with van der Waals surface area (Å²) < 4.78 is 0. The minimum Gasteiger partial charge on any atom is -1.00 e. The molecule has 0 aromatic carbocycles. The number of pyridine rings is 1. The van der Waals surface area contributed by atoms with Crippen molar-refractivity contribution in [3.8, 4) is 0 Å². The Morgan fingerprint density at radius 3 is 2.44 bits per heavy atom. The van der Waals surface area contributed by atoms with Crippen molar-refractivity contribution in [1.29, 1.82) is 0 Å². The van der Waals surface area contributed by atoms with Crippen LogP contribution in [0.4, 0.5) is 0 Å². The molecule has 0 aliphatic rings. The Morgan fingerprint density at radius 2 is 2.22 bits per heavy atom. The van der Waals surface area contributed by atoms with Gasteiger partial charge >= 0.3 is 23.1 Å². The molecule has 0 amide bonds. The molecule has 0 N–H and O–H groups in total. The molecule has 9 heavy (non-hydrogen) atoms. The molecule has 0 spiro atoms. The van der Waals surface area contributed by atoms with E-state index < -0.39 is 0 Å². The van der Waals surface area contributed by atoms with Crippen molar-refractivity contribution in [2.75, 3.05) is 0 Å². The SMILES string of the molecule is Cc1cc[c-]nc1.[Br-].[Mg+2]. The first-order valence-corrected chi connectivity index (χ1v) is 2.18. The molecule has 1 rings (SSSR count). The van der Waals surface area contributed by atoms with E-state index in [-0.39, 0.29) is 40.0 Å². The fraction of sp³-hybridized carbons (Fsp3) is 0.167. The van der Waals surface area contributed by atoms with Crippen molar-refractivity contribution < 1.29 is 17.0 Å². The summed E-state index contributed by atoms with van der Waals surface area (Å²) >= 11 is 0. The van der Waals surface area contributed by atoms with Crippen LogP contribution in [0.3, 0.4) is 0 Å². The second-order valence-electron chi connectivity index (χ2n) is 1.46. The zero-order chi connectivity index (χ0) is 5.11. The third-order valence-electron chi connectivity index (χ3n) is 0.763. The van der Waals surface area contributed by atoms with Crippen molar-refractivity contribution in [3.63, 3.8) is 0 Å². The first-order valence-electron chi connectivity index (χ1n) is 2.18. The normalized spacial score (nSPS) is 6.78. The fourth-order valence-corrected chi connectivity index (χ4v) is 0.394. The number of aromatic nitrogens is 1. The van der Waals surface area contributed by atoms with Gasteiger partial charge in [-0.05, 0) is 0 Å². The van der Waals surface area contributed by atoms with Crippen LogP contribution in [0.15, 0.2) is 18.3 Å². The van der Waals surface area contributed by atoms with Gasteiger partial charge in [-0.15, -0.1) is 5.56 Å². The van der Waals surface area contributed by atoms with Crippen molar-refractivity contribution in [2.45, 2.75) is 6.92 Å². The van der Waals surface area contributed by atoms with Crippen LogP contribution in [0, 0.1) is 13.1 Å². The van der Waals surface area contributed by atoms with Gasteiger partial charge in [-0.3, -0.25) is 0 Å². The van der Waals surface area contributed by atoms with Crippen LogP contribution in [0.5, 0.6) is 0 Å². The largest absolute Gasteiger partial charge is 2.00 e. The molecule has 0 saturated carbocycles. The average molecular weight is 196 g/mol. The van der Waals surface area contributed by atoms with Gasteiger partial charge in [0.2, 0.25) is 0 Å². The van der Waals surface area contributed by atoms with Gasteiger partial charge in [0.25, 0.3) is 0 Å². The fourth-order valence-electron chi connectivity index (χ4n) is 0.394. The number of hydrogen-bond acceptors (Lipinski definition) is 1. The zero-order valence-corrected chi connectivity index (χ0v) is 8.26. The second kappa shape index (κ2) is 6.52. The Morgan fingerprint density at radius 1 is 1.56 bits per heavy atom. The summed E-state index contributed by atoms with van der Waals surface area (Å²) in [5.41, 5.74) is 1.18. The summed E-state index contributed by atoms with van der Waals surface area (Å²) in [4.78, 5) is 3.76. The van der Waals surface area contributed by atoms with Gasteiger partial charge in [-0.1, -0.05) is 19.3 Å². The van der Waals surface area contributed by atoms with E-state index in [1.165, 1.54) is 5.56 Å². The predicted molar refractivity (Wildman–Crippen MR) is 33.6 cm³/mol. The number of aryl methyl sites for hydroxylation is 1. The zero-order valence-electron chi connectivity index (χ0n) is 5.26. The molecule has 0 radical (unpaired) electrons. The van der Waals surface area contributed by atoms with E-state index in [1.54, 1.807) is 12.3 Å². The Labute approximate surface area is 81.8 Å². The van der Waals surface area contributed by atoms with Crippen molar-refractivity contribution >= 4 is 23.1 Å². The van der Waals surface area contributed by atoms with Crippen LogP contribution in [0.1, 0.15) is 5.56 Å². The first kappa shape index (κ1) is 12.1. The van der Waals surface area contributed by atoms with Crippen molar-refractivity contribution in [2.24, 2.45) is 0 Å². The summed E-state index contributed by atoms with van der Waals surface area (Å²) in [6.45, 7) is 2.00. The van der Waals surface area contributed by atoms with Gasteiger partial charge in [-0.25, -0.2) is 0 Å². The molecule has 0 fully saturated rings. The van der Waals surface area contributed by atoms with Gasteiger partial charge in [-0.2, -0.15) is 12.1 Å². The van der Waals surface area contributed by atoms with E-state index in [0.717, 1.165) is 0 Å². The van der Waals surface area contributed by atoms with E-state index in [9.17, 15) is 0 Å². The van der Waals surface area contributed by atoms with Gasteiger partial charge in [0, 0.05) is 0 Å². The van der Waals surface area contributed by atoms with Crippen LogP contribution >= 0.6 is 0 Å². The molecule has 0 saturated heterocycles. The number of nitrogens with zero attached hydrogens (tertiary/aromatic N) is 1. The number of hydrogen-bond donors (Lipinski definition) is 0. The van der Waals surface area contributed by atoms with Gasteiger partial charge in [0.05, 0.1) is 0 Å². The quantitative estimate of drug-likeness (QED) is 0.339. The monoisotopic (exact) mass is 195 g/mol. The molecule has 1 aromatic rings. The molecular formula is C6H6BrMgN. The minimum atomic E-state index is 0. The molecule has 0 bridgehead atoms. The predicted octanol–water partition coefficient (Wildman–Crippen LogP) is -2.19. The van der Waals surface area contributed by atoms with Crippen LogP contribution in [-0.2, 0) is 0 Å². The smallest absolute Gasteiger partial charge is 1.00 e. The number of rotatable bonds is 0.